The van der Waals surface area contributed by atoms with Crippen LogP contribution in [-0.4, -0.2) is 22.7 Å². The Kier molecular flexibility index (Phi) is 3.01. The lowest BCUT2D eigenvalue weighted by atomic mass is 10.1. The number of hydrogen-bond acceptors (Lipinski definition) is 4. The van der Waals surface area contributed by atoms with E-state index in [1.165, 1.54) is 17.7 Å². The number of nitro groups is 1. The topological polar surface area (TPSA) is 74.4 Å². The second kappa shape index (κ2) is 4.48. The van der Waals surface area contributed by atoms with Crippen molar-refractivity contribution in [2.45, 2.75) is 13.3 Å². The molecule has 94 valence electrons. The number of fused-ring (bicyclic) bond motifs is 1. The van der Waals surface area contributed by atoms with Crippen molar-refractivity contribution in [3.63, 3.8) is 0 Å². The van der Waals surface area contributed by atoms with Crippen molar-refractivity contribution < 1.29 is 14.5 Å². The number of methoxy groups -OCH3 is 1. The van der Waals surface area contributed by atoms with Crippen molar-refractivity contribution in [1.82, 2.24) is 4.57 Å². The van der Waals surface area contributed by atoms with Crippen LogP contribution in [0.15, 0.2) is 24.4 Å². The van der Waals surface area contributed by atoms with Gasteiger partial charge >= 0.3 is 6.09 Å². The molecule has 0 aliphatic heterocycles. The van der Waals surface area contributed by atoms with Crippen molar-refractivity contribution in [2.75, 3.05) is 7.11 Å². The molecule has 1 heterocycles. The van der Waals surface area contributed by atoms with Crippen molar-refractivity contribution >= 4 is 22.7 Å². The summed E-state index contributed by atoms with van der Waals surface area (Å²) in [6.45, 7) is 1.93. The zero-order chi connectivity index (χ0) is 13.3. The summed E-state index contributed by atoms with van der Waals surface area (Å²) in [5, 5.41) is 11.7. The Morgan fingerprint density at radius 1 is 1.50 bits per heavy atom. The Labute approximate surface area is 103 Å². The number of nitro benzene ring substituents is 1. The number of rotatable bonds is 2. The smallest absolute Gasteiger partial charge is 0.418 e. The van der Waals surface area contributed by atoms with E-state index < -0.39 is 11.0 Å². The Balaban J connectivity index is 2.85. The predicted octanol–water partition coefficient (Wildman–Crippen LogP) is 2.73. The zero-order valence-corrected chi connectivity index (χ0v) is 10.0. The molecule has 0 bridgehead atoms. The number of benzene rings is 1. The fraction of sp³-hybridized carbons (Fsp3) is 0.250. The highest BCUT2D eigenvalue weighted by Gasteiger charge is 2.21. The van der Waals surface area contributed by atoms with Crippen LogP contribution in [0.4, 0.5) is 10.5 Å². The summed E-state index contributed by atoms with van der Waals surface area (Å²) in [6.07, 6.45) is 1.64. The van der Waals surface area contributed by atoms with E-state index in [9.17, 15) is 14.9 Å². The maximum atomic E-state index is 11.6. The number of carbonyl (C=O) groups excluding carboxylic acids is 1. The first kappa shape index (κ1) is 12.1. The number of aromatic nitrogens is 1. The van der Waals surface area contributed by atoms with Crippen molar-refractivity contribution in [3.8, 4) is 0 Å². The highest BCUT2D eigenvalue weighted by Crippen LogP contribution is 2.30. The van der Waals surface area contributed by atoms with Crippen LogP contribution in [0.2, 0.25) is 0 Å². The number of ether oxygens (including phenoxy) is 1. The standard InChI is InChI=1S/C12H12N2O4/c1-3-8-7-13(12(15)18-2)11-9(8)5-4-6-10(11)14(16)17/h4-7H,3H2,1-2H3. The van der Waals surface area contributed by atoms with E-state index in [4.69, 9.17) is 0 Å². The minimum Gasteiger partial charge on any atom is -0.452 e. The van der Waals surface area contributed by atoms with Gasteiger partial charge in [0.2, 0.25) is 0 Å². The third-order valence-corrected chi connectivity index (χ3v) is 2.84. The summed E-state index contributed by atoms with van der Waals surface area (Å²) in [5.41, 5.74) is 1.06. The van der Waals surface area contributed by atoms with Gasteiger partial charge in [-0.2, -0.15) is 0 Å². The van der Waals surface area contributed by atoms with E-state index in [1.807, 2.05) is 6.92 Å². The number of nitrogens with zero attached hydrogens (tertiary/aromatic N) is 2. The summed E-state index contributed by atoms with van der Waals surface area (Å²) >= 11 is 0. The fourth-order valence-electron chi connectivity index (χ4n) is 2.00. The highest BCUT2D eigenvalue weighted by atomic mass is 16.6. The molecule has 0 amide bonds. The van der Waals surface area contributed by atoms with E-state index in [2.05, 4.69) is 4.74 Å². The molecule has 0 atom stereocenters. The Morgan fingerprint density at radius 3 is 2.78 bits per heavy atom. The van der Waals surface area contributed by atoms with Gasteiger partial charge in [-0.15, -0.1) is 0 Å². The first-order valence-corrected chi connectivity index (χ1v) is 5.45. The molecule has 0 saturated heterocycles. The number of non-ortho nitro benzene ring substituents is 1. The average molecular weight is 248 g/mol. The number of carbonyl (C=O) groups is 1. The van der Waals surface area contributed by atoms with Crippen LogP contribution in [0, 0.1) is 10.1 Å². The Morgan fingerprint density at radius 2 is 2.22 bits per heavy atom. The second-order valence-electron chi connectivity index (χ2n) is 3.78. The summed E-state index contributed by atoms with van der Waals surface area (Å²) in [4.78, 5) is 22.2. The van der Waals surface area contributed by atoms with Gasteiger partial charge in [0.15, 0.2) is 0 Å². The first-order valence-electron chi connectivity index (χ1n) is 5.45. The van der Waals surface area contributed by atoms with E-state index in [1.54, 1.807) is 18.3 Å². The van der Waals surface area contributed by atoms with Gasteiger partial charge in [0.1, 0.15) is 5.52 Å². The molecule has 0 radical (unpaired) electrons. The molecule has 0 spiro atoms. The van der Waals surface area contributed by atoms with Gasteiger partial charge in [0, 0.05) is 17.6 Å². The maximum Gasteiger partial charge on any atom is 0.418 e. The fourth-order valence-corrected chi connectivity index (χ4v) is 2.00. The van der Waals surface area contributed by atoms with Crippen LogP contribution in [0.1, 0.15) is 12.5 Å². The molecular formula is C12H12N2O4. The molecule has 1 aromatic carbocycles. The van der Waals surface area contributed by atoms with Crippen LogP contribution < -0.4 is 0 Å². The van der Waals surface area contributed by atoms with Crippen LogP contribution in [0.5, 0.6) is 0 Å². The molecule has 0 fully saturated rings. The largest absolute Gasteiger partial charge is 0.452 e. The lowest BCUT2D eigenvalue weighted by molar-refractivity contribution is -0.383. The quantitative estimate of drug-likeness (QED) is 0.605. The summed E-state index contributed by atoms with van der Waals surface area (Å²) in [5.74, 6) is 0. The normalized spacial score (nSPS) is 10.6. The summed E-state index contributed by atoms with van der Waals surface area (Å²) < 4.78 is 5.83. The Hall–Kier alpha value is -2.37. The molecule has 0 N–H and O–H groups in total. The Bertz CT molecular complexity index is 630. The molecule has 0 unspecified atom stereocenters. The van der Waals surface area contributed by atoms with Gasteiger partial charge in [0.25, 0.3) is 5.69 Å². The average Bonchev–Trinajstić information content (AvgIpc) is 2.76. The summed E-state index contributed by atoms with van der Waals surface area (Å²) in [6, 6.07) is 4.75. The minimum absolute atomic E-state index is 0.0994. The number of para-hydroxylation sites is 1. The maximum absolute atomic E-state index is 11.6. The molecule has 18 heavy (non-hydrogen) atoms. The lowest BCUT2D eigenvalue weighted by Gasteiger charge is -2.02. The van der Waals surface area contributed by atoms with E-state index in [0.717, 1.165) is 5.56 Å². The molecule has 0 aliphatic carbocycles. The molecule has 6 nitrogen and oxygen atoms in total. The molecule has 0 saturated carbocycles. The SMILES string of the molecule is CCc1cn(C(=O)OC)c2c([N+](=O)[O-])cccc12. The molecule has 6 heteroatoms. The third kappa shape index (κ3) is 1.71. The van der Waals surface area contributed by atoms with E-state index in [-0.39, 0.29) is 11.2 Å². The number of aryl methyl sites for hydroxylation is 1. The molecule has 1 aromatic heterocycles. The van der Waals surface area contributed by atoms with Crippen LogP contribution in [0.25, 0.3) is 10.9 Å². The number of hydrogen-bond donors (Lipinski definition) is 0. The second-order valence-corrected chi connectivity index (χ2v) is 3.78. The first-order chi connectivity index (χ1) is 8.60. The van der Waals surface area contributed by atoms with Gasteiger partial charge in [0.05, 0.1) is 12.0 Å². The van der Waals surface area contributed by atoms with E-state index >= 15 is 0 Å². The minimum atomic E-state index is -0.631. The van der Waals surface area contributed by atoms with Gasteiger partial charge < -0.3 is 4.74 Å². The van der Waals surface area contributed by atoms with Gasteiger partial charge in [-0.05, 0) is 12.0 Å². The lowest BCUT2D eigenvalue weighted by Crippen LogP contribution is -2.10. The highest BCUT2D eigenvalue weighted by molar-refractivity contribution is 5.97. The van der Waals surface area contributed by atoms with Gasteiger partial charge in [-0.1, -0.05) is 19.1 Å². The van der Waals surface area contributed by atoms with Crippen LogP contribution in [-0.2, 0) is 11.2 Å². The zero-order valence-electron chi connectivity index (χ0n) is 10.0. The van der Waals surface area contributed by atoms with Gasteiger partial charge in [-0.3, -0.25) is 10.1 Å². The van der Waals surface area contributed by atoms with Crippen molar-refractivity contribution in [1.29, 1.82) is 0 Å². The molecule has 0 aliphatic rings. The predicted molar refractivity (Wildman–Crippen MR) is 65.8 cm³/mol. The van der Waals surface area contributed by atoms with Crippen LogP contribution in [0.3, 0.4) is 0 Å². The molecular weight excluding hydrogens is 236 g/mol. The molecule has 2 aromatic rings. The van der Waals surface area contributed by atoms with Crippen LogP contribution >= 0.6 is 0 Å². The van der Waals surface area contributed by atoms with Gasteiger partial charge in [-0.25, -0.2) is 9.36 Å². The monoisotopic (exact) mass is 248 g/mol. The van der Waals surface area contributed by atoms with Crippen molar-refractivity contribution in [2.24, 2.45) is 0 Å². The molecule has 2 rings (SSSR count). The van der Waals surface area contributed by atoms with E-state index in [0.29, 0.717) is 11.8 Å². The third-order valence-electron chi connectivity index (χ3n) is 2.84. The van der Waals surface area contributed by atoms with Crippen molar-refractivity contribution in [3.05, 3.63) is 40.1 Å². The summed E-state index contributed by atoms with van der Waals surface area (Å²) in [7, 11) is 1.24.